The molecule has 1 aromatic heterocycles. The summed E-state index contributed by atoms with van der Waals surface area (Å²) in [7, 11) is 0. The Bertz CT molecular complexity index is 419. The molecule has 0 aliphatic heterocycles. The Balaban J connectivity index is 2.54. The molecule has 0 fully saturated rings. The maximum absolute atomic E-state index is 11.9. The van der Waals surface area contributed by atoms with Gasteiger partial charge in [-0.2, -0.15) is 0 Å². The summed E-state index contributed by atoms with van der Waals surface area (Å²) in [6.07, 6.45) is 2.28. The summed E-state index contributed by atoms with van der Waals surface area (Å²) in [5, 5.41) is 2.83. The Hall–Kier alpha value is -1.36. The molecule has 1 rings (SSSR count). The number of aromatic nitrogens is 1. The fourth-order valence-electron chi connectivity index (χ4n) is 1.47. The van der Waals surface area contributed by atoms with Gasteiger partial charge in [0, 0.05) is 6.54 Å². The highest BCUT2D eigenvalue weighted by molar-refractivity contribution is 5.91. The zero-order chi connectivity index (χ0) is 14.6. The zero-order valence-corrected chi connectivity index (χ0v) is 12.5. The van der Waals surface area contributed by atoms with E-state index in [1.54, 1.807) is 0 Å². The summed E-state index contributed by atoms with van der Waals surface area (Å²) in [5.41, 5.74) is 6.41. The van der Waals surface area contributed by atoms with Crippen LogP contribution in [0.2, 0.25) is 0 Å². The Kier molecular flexibility index (Phi) is 5.11. The van der Waals surface area contributed by atoms with Gasteiger partial charge in [-0.3, -0.25) is 4.79 Å². The van der Waals surface area contributed by atoms with Gasteiger partial charge in [0.2, 0.25) is 5.89 Å². The standard InChI is InChI=1S/C14H25N3O2/c1-9(2)11(15)13-17-10(8-19-13)12(18)16-7-6-14(3,4)5/h8-9,11H,6-7,15H2,1-5H3,(H,16,18). The Morgan fingerprint density at radius 3 is 2.63 bits per heavy atom. The summed E-state index contributed by atoms with van der Waals surface area (Å²) in [6.45, 7) is 11.0. The van der Waals surface area contributed by atoms with Gasteiger partial charge in [0.05, 0.1) is 6.04 Å². The molecule has 0 saturated heterocycles. The van der Waals surface area contributed by atoms with Crippen LogP contribution in [0.15, 0.2) is 10.7 Å². The van der Waals surface area contributed by atoms with E-state index in [9.17, 15) is 4.79 Å². The van der Waals surface area contributed by atoms with E-state index in [1.807, 2.05) is 13.8 Å². The quantitative estimate of drug-likeness (QED) is 0.858. The van der Waals surface area contributed by atoms with Gasteiger partial charge < -0.3 is 15.5 Å². The van der Waals surface area contributed by atoms with Crippen molar-refractivity contribution in [2.75, 3.05) is 6.54 Å². The van der Waals surface area contributed by atoms with Crippen LogP contribution in [0.3, 0.4) is 0 Å². The molecule has 1 aromatic rings. The SMILES string of the molecule is CC(C)C(N)c1nc(C(=O)NCCC(C)(C)C)co1. The third kappa shape index (κ3) is 5.03. The first-order chi connectivity index (χ1) is 8.70. The van der Waals surface area contributed by atoms with E-state index in [0.717, 1.165) is 6.42 Å². The minimum Gasteiger partial charge on any atom is -0.446 e. The second-order valence-electron chi connectivity index (χ2n) is 6.41. The predicted molar refractivity (Wildman–Crippen MR) is 74.7 cm³/mol. The van der Waals surface area contributed by atoms with E-state index in [0.29, 0.717) is 18.1 Å². The largest absolute Gasteiger partial charge is 0.446 e. The Morgan fingerprint density at radius 1 is 1.47 bits per heavy atom. The maximum atomic E-state index is 11.9. The number of hydrogen-bond donors (Lipinski definition) is 2. The molecule has 0 aliphatic rings. The first-order valence-corrected chi connectivity index (χ1v) is 6.70. The third-order valence-electron chi connectivity index (χ3n) is 2.92. The third-order valence-corrected chi connectivity index (χ3v) is 2.92. The molecule has 5 heteroatoms. The van der Waals surface area contributed by atoms with Crippen LogP contribution in [0, 0.1) is 11.3 Å². The second kappa shape index (κ2) is 6.19. The first-order valence-electron chi connectivity index (χ1n) is 6.70. The molecule has 1 amide bonds. The van der Waals surface area contributed by atoms with Crippen LogP contribution >= 0.6 is 0 Å². The zero-order valence-electron chi connectivity index (χ0n) is 12.5. The average molecular weight is 267 g/mol. The van der Waals surface area contributed by atoms with Crippen LogP contribution in [0.5, 0.6) is 0 Å². The van der Waals surface area contributed by atoms with Gasteiger partial charge in [-0.05, 0) is 17.8 Å². The summed E-state index contributed by atoms with van der Waals surface area (Å²) >= 11 is 0. The lowest BCUT2D eigenvalue weighted by Gasteiger charge is -2.17. The molecular weight excluding hydrogens is 242 g/mol. The van der Waals surface area contributed by atoms with Crippen LogP contribution in [-0.4, -0.2) is 17.4 Å². The Morgan fingerprint density at radius 2 is 2.11 bits per heavy atom. The van der Waals surface area contributed by atoms with Crippen molar-refractivity contribution >= 4 is 5.91 Å². The van der Waals surface area contributed by atoms with Crippen LogP contribution < -0.4 is 11.1 Å². The van der Waals surface area contributed by atoms with Gasteiger partial charge in [-0.15, -0.1) is 0 Å². The number of nitrogens with two attached hydrogens (primary N) is 1. The molecule has 1 atom stereocenters. The highest BCUT2D eigenvalue weighted by atomic mass is 16.3. The number of carbonyl (C=O) groups is 1. The summed E-state index contributed by atoms with van der Waals surface area (Å²) in [6, 6.07) is -0.281. The van der Waals surface area contributed by atoms with Crippen molar-refractivity contribution in [1.29, 1.82) is 0 Å². The molecule has 0 radical (unpaired) electrons. The topological polar surface area (TPSA) is 81.1 Å². The van der Waals surface area contributed by atoms with E-state index >= 15 is 0 Å². The minimum atomic E-state index is -0.281. The van der Waals surface area contributed by atoms with Gasteiger partial charge >= 0.3 is 0 Å². The Labute approximate surface area is 115 Å². The molecule has 0 aliphatic carbocycles. The summed E-state index contributed by atoms with van der Waals surface area (Å²) in [5.74, 6) is 0.418. The fraction of sp³-hybridized carbons (Fsp3) is 0.714. The van der Waals surface area contributed by atoms with Crippen molar-refractivity contribution in [3.05, 3.63) is 17.8 Å². The molecular formula is C14H25N3O2. The van der Waals surface area contributed by atoms with Crippen molar-refractivity contribution < 1.29 is 9.21 Å². The number of nitrogens with zero attached hydrogens (tertiary/aromatic N) is 1. The molecule has 0 saturated carbocycles. The second-order valence-corrected chi connectivity index (χ2v) is 6.41. The fourth-order valence-corrected chi connectivity index (χ4v) is 1.47. The lowest BCUT2D eigenvalue weighted by atomic mass is 9.92. The minimum absolute atomic E-state index is 0.197. The normalized spacial score (nSPS) is 13.6. The lowest BCUT2D eigenvalue weighted by molar-refractivity contribution is 0.0944. The molecule has 1 heterocycles. The molecule has 3 N–H and O–H groups in total. The maximum Gasteiger partial charge on any atom is 0.273 e. The number of rotatable bonds is 5. The highest BCUT2D eigenvalue weighted by Gasteiger charge is 2.19. The van der Waals surface area contributed by atoms with Crippen LogP contribution in [-0.2, 0) is 0 Å². The van der Waals surface area contributed by atoms with Crippen molar-refractivity contribution in [3.8, 4) is 0 Å². The number of amides is 1. The van der Waals surface area contributed by atoms with Gasteiger partial charge in [-0.1, -0.05) is 34.6 Å². The average Bonchev–Trinajstić information content (AvgIpc) is 2.75. The highest BCUT2D eigenvalue weighted by Crippen LogP contribution is 2.19. The number of carbonyl (C=O) groups excluding carboxylic acids is 1. The first kappa shape index (κ1) is 15.7. The molecule has 0 spiro atoms. The van der Waals surface area contributed by atoms with Gasteiger partial charge in [-0.25, -0.2) is 4.98 Å². The number of hydrogen-bond acceptors (Lipinski definition) is 4. The van der Waals surface area contributed by atoms with Crippen molar-refractivity contribution in [2.45, 2.75) is 47.1 Å². The predicted octanol–water partition coefficient (Wildman–Crippen LogP) is 2.50. The molecule has 19 heavy (non-hydrogen) atoms. The van der Waals surface area contributed by atoms with E-state index < -0.39 is 0 Å². The van der Waals surface area contributed by atoms with Crippen molar-refractivity contribution in [3.63, 3.8) is 0 Å². The summed E-state index contributed by atoms with van der Waals surface area (Å²) in [4.78, 5) is 16.0. The molecule has 0 aromatic carbocycles. The van der Waals surface area contributed by atoms with Gasteiger partial charge in [0.1, 0.15) is 6.26 Å². The van der Waals surface area contributed by atoms with Crippen molar-refractivity contribution in [2.24, 2.45) is 17.1 Å². The van der Waals surface area contributed by atoms with Crippen LogP contribution in [0.1, 0.15) is 63.5 Å². The number of nitrogens with one attached hydrogen (secondary N) is 1. The van der Waals surface area contributed by atoms with Gasteiger partial charge in [0.25, 0.3) is 5.91 Å². The molecule has 108 valence electrons. The van der Waals surface area contributed by atoms with E-state index in [-0.39, 0.29) is 23.3 Å². The molecule has 0 bridgehead atoms. The van der Waals surface area contributed by atoms with E-state index in [4.69, 9.17) is 10.2 Å². The van der Waals surface area contributed by atoms with Crippen LogP contribution in [0.25, 0.3) is 0 Å². The van der Waals surface area contributed by atoms with E-state index in [2.05, 4.69) is 31.1 Å². The molecule has 5 nitrogen and oxygen atoms in total. The monoisotopic (exact) mass is 267 g/mol. The number of oxazole rings is 1. The lowest BCUT2D eigenvalue weighted by Crippen LogP contribution is -2.27. The summed E-state index contributed by atoms with van der Waals surface area (Å²) < 4.78 is 5.26. The van der Waals surface area contributed by atoms with Gasteiger partial charge in [0.15, 0.2) is 5.69 Å². The smallest absolute Gasteiger partial charge is 0.273 e. The molecule has 1 unspecified atom stereocenters. The van der Waals surface area contributed by atoms with E-state index in [1.165, 1.54) is 6.26 Å². The van der Waals surface area contributed by atoms with Crippen LogP contribution in [0.4, 0.5) is 0 Å². The van der Waals surface area contributed by atoms with Crippen molar-refractivity contribution in [1.82, 2.24) is 10.3 Å².